The normalized spacial score (nSPS) is 10.6. The van der Waals surface area contributed by atoms with Crippen molar-refractivity contribution < 1.29 is 31.3 Å². The number of aromatic nitrogens is 1. The summed E-state index contributed by atoms with van der Waals surface area (Å²) in [6.07, 6.45) is 2.49. The molecule has 0 aliphatic heterocycles. The molecule has 152 valence electrons. The van der Waals surface area contributed by atoms with E-state index in [1.807, 2.05) is 0 Å². The first kappa shape index (κ1) is 31.6. The zero-order valence-corrected chi connectivity index (χ0v) is 21.4. The second kappa shape index (κ2) is 13.2. The number of nitrogens with zero attached hydrogens (tertiary/aromatic N) is 1. The van der Waals surface area contributed by atoms with Crippen molar-refractivity contribution in [2.24, 2.45) is 0 Å². The fraction of sp³-hybridized carbons (Fsp3) is 0.476. The minimum absolute atomic E-state index is 0. The average Bonchev–Trinajstić information content (AvgIpc) is 2.97. The minimum Gasteiger partial charge on any atom is 0 e. The molecule has 0 N–H and O–H groups in total. The largest absolute Gasteiger partial charge is 0 e. The van der Waals surface area contributed by atoms with Gasteiger partial charge in [0.2, 0.25) is 0 Å². The van der Waals surface area contributed by atoms with Crippen LogP contribution in [0.25, 0.3) is 10.9 Å². The Morgan fingerprint density at radius 3 is 1.68 bits per heavy atom. The predicted molar refractivity (Wildman–Crippen MR) is 113 cm³/mol. The summed E-state index contributed by atoms with van der Waals surface area (Å²) in [5.74, 6) is 0. The van der Waals surface area contributed by atoms with E-state index in [2.05, 4.69) is 108 Å². The molecule has 7 heteroatoms. The summed E-state index contributed by atoms with van der Waals surface area (Å²) < 4.78 is 25.2. The standard InChI is InChI=1S/C18H31NSi2.3CO.Cr/c1-18(2,3)21(7,8)19-13-15(14-20(4,5)6)16-11-9-10-12-17(16)19;3*1-2;/h9-13H,14H2,1-8H3;;;;. The van der Waals surface area contributed by atoms with E-state index < -0.39 is 16.3 Å². The average molecular weight is 454 g/mol. The summed E-state index contributed by atoms with van der Waals surface area (Å²) in [4.78, 5) is 0. The molecule has 0 aliphatic rings. The van der Waals surface area contributed by atoms with Gasteiger partial charge in [0.1, 0.15) is 0 Å². The molecule has 0 aliphatic carbocycles. The third kappa shape index (κ3) is 8.13. The van der Waals surface area contributed by atoms with Gasteiger partial charge in [-0.05, 0) is 28.9 Å². The summed E-state index contributed by atoms with van der Waals surface area (Å²) in [7, 11) is -2.67. The predicted octanol–water partition coefficient (Wildman–Crippen LogP) is 5.80. The number of para-hydroxylation sites is 1. The molecule has 0 radical (unpaired) electrons. The molecule has 2 rings (SSSR count). The van der Waals surface area contributed by atoms with Gasteiger partial charge in [0.15, 0.2) is 8.24 Å². The van der Waals surface area contributed by atoms with Gasteiger partial charge in [-0.3, -0.25) is 0 Å². The van der Waals surface area contributed by atoms with E-state index >= 15 is 0 Å². The Balaban J connectivity index is -0.000000815. The Kier molecular flexibility index (Phi) is 14.9. The van der Waals surface area contributed by atoms with Crippen LogP contribution >= 0.6 is 0 Å². The van der Waals surface area contributed by atoms with Crippen LogP contribution in [0.3, 0.4) is 0 Å². The summed E-state index contributed by atoms with van der Waals surface area (Å²) in [5, 5.41) is 1.83. The topological polar surface area (TPSA) is 64.6 Å². The Morgan fingerprint density at radius 2 is 1.29 bits per heavy atom. The van der Waals surface area contributed by atoms with Crippen molar-refractivity contribution in [2.45, 2.75) is 64.6 Å². The molecular formula is C21H31CrNO3Si2. The van der Waals surface area contributed by atoms with Crippen molar-refractivity contribution in [3.8, 4) is 0 Å². The molecule has 0 saturated heterocycles. The minimum atomic E-state index is -1.57. The zero-order valence-electron chi connectivity index (χ0n) is 18.2. The molecular weight excluding hydrogens is 422 g/mol. The number of hydrogen-bond donors (Lipinski definition) is 0. The molecule has 0 amide bonds. The van der Waals surface area contributed by atoms with Crippen LogP contribution < -0.4 is 0 Å². The molecule has 1 heterocycles. The van der Waals surface area contributed by atoms with Crippen LogP contribution in [0.5, 0.6) is 0 Å². The molecule has 0 unspecified atom stereocenters. The maximum Gasteiger partial charge on any atom is 0 e. The number of rotatable bonds is 3. The van der Waals surface area contributed by atoms with Gasteiger partial charge in [0.05, 0.1) is 0 Å². The van der Waals surface area contributed by atoms with Crippen molar-refractivity contribution >= 4 is 27.2 Å². The third-order valence-corrected chi connectivity index (χ3v) is 11.6. The van der Waals surface area contributed by atoms with E-state index in [0.717, 1.165) is 0 Å². The molecule has 4 nitrogen and oxygen atoms in total. The Labute approximate surface area is 183 Å². The van der Waals surface area contributed by atoms with Crippen molar-refractivity contribution in [1.82, 2.24) is 4.23 Å². The van der Waals surface area contributed by atoms with Crippen LogP contribution in [-0.4, -0.2) is 20.5 Å². The third-order valence-electron chi connectivity index (χ3n) is 4.95. The summed E-state index contributed by atoms with van der Waals surface area (Å²) in [5.41, 5.74) is 3.01. The fourth-order valence-electron chi connectivity index (χ4n) is 2.79. The quantitative estimate of drug-likeness (QED) is 0.320. The fourth-order valence-corrected chi connectivity index (χ4v) is 6.21. The van der Waals surface area contributed by atoms with Crippen molar-refractivity contribution in [3.05, 3.63) is 56.0 Å². The molecule has 0 bridgehead atoms. The number of benzene rings is 1. The Morgan fingerprint density at radius 1 is 0.857 bits per heavy atom. The molecule has 1 aromatic carbocycles. The van der Waals surface area contributed by atoms with Gasteiger partial charge < -0.3 is 4.23 Å². The van der Waals surface area contributed by atoms with Crippen LogP contribution in [-0.2, 0) is 37.4 Å². The number of fused-ring (bicyclic) bond motifs is 1. The molecule has 0 fully saturated rings. The summed E-state index contributed by atoms with van der Waals surface area (Å²) >= 11 is 0. The molecule has 0 saturated carbocycles. The van der Waals surface area contributed by atoms with Crippen LogP contribution in [0, 0.1) is 20.0 Å². The van der Waals surface area contributed by atoms with E-state index in [1.165, 1.54) is 16.9 Å². The van der Waals surface area contributed by atoms with Crippen molar-refractivity contribution in [2.75, 3.05) is 0 Å². The van der Waals surface area contributed by atoms with E-state index in [1.54, 1.807) is 5.56 Å². The Bertz CT molecular complexity index is 764. The van der Waals surface area contributed by atoms with Gasteiger partial charge in [-0.2, -0.15) is 0 Å². The van der Waals surface area contributed by atoms with E-state index in [-0.39, 0.29) is 17.4 Å². The van der Waals surface area contributed by atoms with Crippen LogP contribution in [0.2, 0.25) is 37.8 Å². The first-order valence-electron chi connectivity index (χ1n) is 8.64. The van der Waals surface area contributed by atoms with Crippen LogP contribution in [0.15, 0.2) is 30.5 Å². The van der Waals surface area contributed by atoms with Gasteiger partial charge in [-0.1, -0.05) is 71.7 Å². The van der Waals surface area contributed by atoms with Crippen molar-refractivity contribution in [3.63, 3.8) is 0 Å². The van der Waals surface area contributed by atoms with E-state index in [9.17, 15) is 0 Å². The zero-order chi connectivity index (χ0) is 22.1. The molecule has 28 heavy (non-hydrogen) atoms. The maximum absolute atomic E-state index is 7.50. The van der Waals surface area contributed by atoms with E-state index in [4.69, 9.17) is 14.0 Å². The van der Waals surface area contributed by atoms with Crippen LogP contribution in [0.1, 0.15) is 26.3 Å². The second-order valence-electron chi connectivity index (χ2n) is 9.09. The molecule has 1 aromatic heterocycles. The maximum atomic E-state index is 7.50. The number of hydrogen-bond acceptors (Lipinski definition) is 0. The van der Waals surface area contributed by atoms with Crippen molar-refractivity contribution in [1.29, 1.82) is 0 Å². The molecule has 2 aromatic rings. The van der Waals surface area contributed by atoms with Gasteiger partial charge in [0, 0.05) is 36.3 Å². The first-order valence-corrected chi connectivity index (χ1v) is 15.3. The van der Waals surface area contributed by atoms with Gasteiger partial charge in [-0.15, -0.1) is 0 Å². The SMILES string of the molecule is CC(C)(C)[Si](C)(C)n1cc(C[Si](C)(C)C)c2ccccc21.[C-]#[O+].[C-]#[O+].[C-]#[O+].[Cr]. The Hall–Kier alpha value is -1.05. The van der Waals surface area contributed by atoms with Gasteiger partial charge in [-0.25, -0.2) is 0 Å². The van der Waals surface area contributed by atoms with Gasteiger partial charge >= 0.3 is 33.9 Å². The molecule has 0 spiro atoms. The second-order valence-corrected chi connectivity index (χ2v) is 19.7. The first-order chi connectivity index (χ1) is 12.4. The van der Waals surface area contributed by atoms with E-state index in [0.29, 0.717) is 5.04 Å². The smallest absolute Gasteiger partial charge is 0 e. The summed E-state index contributed by atoms with van der Waals surface area (Å²) in [6.45, 7) is 33.1. The molecule has 0 atom stereocenters. The van der Waals surface area contributed by atoms with Crippen LogP contribution in [0.4, 0.5) is 0 Å². The summed E-state index contributed by atoms with van der Waals surface area (Å²) in [6, 6.07) is 10.3. The van der Waals surface area contributed by atoms with Gasteiger partial charge in [0.25, 0.3) is 0 Å². The monoisotopic (exact) mass is 453 g/mol.